The highest BCUT2D eigenvalue weighted by Gasteiger charge is 2.48. The van der Waals surface area contributed by atoms with E-state index >= 15 is 8.78 Å². The molecule has 3 N–H and O–H groups in total. The predicted molar refractivity (Wildman–Crippen MR) is 518 cm³/mol. The quantitative estimate of drug-likeness (QED) is 0.0198. The monoisotopic (exact) mass is 1840 g/mol. The summed E-state index contributed by atoms with van der Waals surface area (Å²) >= 11 is 0. The molecular weight excluding hydrogens is 1730 g/mol. The lowest BCUT2D eigenvalue weighted by Crippen LogP contribution is -2.51. The smallest absolute Gasteiger partial charge is 0.171 e. The highest BCUT2D eigenvalue weighted by Crippen LogP contribution is 2.49. The Kier molecular flexibility index (Phi) is 35.0. The second-order valence-corrected chi connectivity index (χ2v) is 45.5. The Bertz CT molecular complexity index is 6320. The Morgan fingerprint density at radius 3 is 1.10 bits per heavy atom. The third kappa shape index (κ3) is 23.3. The number of methoxy groups -OCH3 is 5. The van der Waals surface area contributed by atoms with E-state index in [1.54, 1.807) is 38.7 Å². The van der Waals surface area contributed by atoms with Gasteiger partial charge in [0.2, 0.25) is 0 Å². The van der Waals surface area contributed by atoms with E-state index in [0.29, 0.717) is 135 Å². The lowest BCUT2D eigenvalue weighted by Gasteiger charge is -2.44. The number of aromatic nitrogens is 6. The topological polar surface area (TPSA) is 222 Å². The van der Waals surface area contributed by atoms with Crippen LogP contribution < -0.4 is 42.6 Å². The van der Waals surface area contributed by atoms with Gasteiger partial charge in [-0.25, -0.2) is 36.9 Å². The van der Waals surface area contributed by atoms with E-state index in [1.165, 1.54) is 51.7 Å². The highest BCUT2D eigenvalue weighted by molar-refractivity contribution is 6.83. The van der Waals surface area contributed by atoms with Gasteiger partial charge in [0.05, 0.1) is 46.7 Å². The van der Waals surface area contributed by atoms with Gasteiger partial charge in [-0.15, -0.1) is 0 Å². The van der Waals surface area contributed by atoms with Crippen LogP contribution in [-0.2, 0) is 39.3 Å². The summed E-state index contributed by atoms with van der Waals surface area (Å²) in [4.78, 5) is 37.9. The van der Waals surface area contributed by atoms with Gasteiger partial charge in [-0.05, 0) is 144 Å². The van der Waals surface area contributed by atoms with Crippen molar-refractivity contribution >= 4 is 62.1 Å². The number of halogens is 5. The van der Waals surface area contributed by atoms with Crippen molar-refractivity contribution in [1.82, 2.24) is 28.4 Å². The summed E-state index contributed by atoms with van der Waals surface area (Å²) in [5.74, 6) is 0.316. The lowest BCUT2D eigenvalue weighted by molar-refractivity contribution is 0.111. The Balaban J connectivity index is 0.000000168. The van der Waals surface area contributed by atoms with Crippen molar-refractivity contribution in [2.45, 2.75) is 162 Å². The van der Waals surface area contributed by atoms with Gasteiger partial charge in [-0.1, -0.05) is 204 Å². The number of aromatic amines is 1. The summed E-state index contributed by atoms with van der Waals surface area (Å²) < 4.78 is 126. The van der Waals surface area contributed by atoms with Crippen LogP contribution in [0.2, 0.25) is 33.2 Å². The first kappa shape index (κ1) is 100.0. The molecule has 0 bridgehead atoms. The molecule has 15 aromatic rings. The molecule has 0 fully saturated rings. The van der Waals surface area contributed by atoms with Gasteiger partial charge in [0, 0.05) is 108 Å². The van der Waals surface area contributed by atoms with E-state index in [2.05, 4.69) is 119 Å². The average molecular weight is 1850 g/mol. The van der Waals surface area contributed by atoms with Crippen molar-refractivity contribution in [3.8, 4) is 57.5 Å². The number of aromatic hydroxyl groups is 1. The zero-order valence-electron chi connectivity index (χ0n) is 78.2. The maximum atomic E-state index is 15.5. The molecule has 0 saturated heterocycles. The van der Waals surface area contributed by atoms with E-state index in [4.69, 9.17) is 53.0 Å². The van der Waals surface area contributed by atoms with Crippen LogP contribution in [0.5, 0.6) is 57.5 Å². The molecule has 0 saturated carbocycles. The number of carbonyl (C=O) groups is 2. The normalized spacial score (nSPS) is 11.6. The number of carbonyl (C=O) groups excluding carboxylic acids is 2. The molecular formula is C107H117F5N6O13Si2. The molecule has 0 spiro atoms. The van der Waals surface area contributed by atoms with E-state index in [-0.39, 0.29) is 52.2 Å². The summed E-state index contributed by atoms with van der Waals surface area (Å²) in [6.07, 6.45) is 12.0. The van der Waals surface area contributed by atoms with Crippen molar-refractivity contribution in [2.75, 3.05) is 35.5 Å². The summed E-state index contributed by atoms with van der Waals surface area (Å²) in [5, 5.41) is 23.6. The summed E-state index contributed by atoms with van der Waals surface area (Å²) in [5.41, 5.74) is 13.3. The molecule has 26 heteroatoms. The average Bonchev–Trinajstić information content (AvgIpc) is 1.60. The Hall–Kier alpha value is -13.6. The van der Waals surface area contributed by atoms with Crippen molar-refractivity contribution in [1.29, 1.82) is 0 Å². The zero-order chi connectivity index (χ0) is 95.8. The fourth-order valence-electron chi connectivity index (χ4n) is 18.2. The number of ether oxygens (including phenoxy) is 9. The Morgan fingerprint density at radius 1 is 0.353 bits per heavy atom. The number of phenols is 1. The number of aliphatic hydroxyl groups excluding tert-OH is 1. The van der Waals surface area contributed by atoms with Crippen molar-refractivity contribution in [3.63, 3.8) is 0 Å². The van der Waals surface area contributed by atoms with Crippen LogP contribution in [0.1, 0.15) is 166 Å². The molecule has 133 heavy (non-hydrogen) atoms. The van der Waals surface area contributed by atoms with Crippen LogP contribution in [0, 0.1) is 29.1 Å². The summed E-state index contributed by atoms with van der Waals surface area (Å²) in [7, 11) is 3.22. The third-order valence-corrected chi connectivity index (χ3v) is 37.7. The second kappa shape index (κ2) is 46.5. The number of aldehydes is 2. The number of nitrogens with zero attached hydrogens (tertiary/aromatic N) is 5. The number of H-pyrrole nitrogens is 1. The van der Waals surface area contributed by atoms with E-state index in [9.17, 15) is 27.9 Å². The molecule has 9 aromatic carbocycles. The van der Waals surface area contributed by atoms with Crippen LogP contribution in [0.25, 0.3) is 33.1 Å². The molecule has 19 nitrogen and oxygen atoms in total. The number of phenolic OH excluding ortho intramolecular Hbond substituents is 1. The van der Waals surface area contributed by atoms with Gasteiger partial charge in [0.15, 0.2) is 86.5 Å². The van der Waals surface area contributed by atoms with Crippen LogP contribution in [0.4, 0.5) is 22.0 Å². The molecule has 6 aromatic heterocycles. The van der Waals surface area contributed by atoms with Gasteiger partial charge in [0.1, 0.15) is 78.6 Å². The lowest BCUT2D eigenvalue weighted by atomic mass is 10.0. The number of aliphatic hydroxyl groups is 1. The molecule has 0 radical (unpaired) electrons. The molecule has 0 amide bonds. The number of benzene rings is 9. The molecule has 6 heterocycles. The first-order valence-electron chi connectivity index (χ1n) is 44.1. The van der Waals surface area contributed by atoms with E-state index in [0.717, 1.165) is 84.7 Å². The second-order valence-electron chi connectivity index (χ2n) is 34.0. The standard InChI is InChI=1S/C31H39FN2O3Si.C31H39FN2O2Si.C22H19FN2O2.C15H13FO3.C8H7FO3/c1-20(2)38(21(3)4,22(5)6)34-18-26(24-14-11-15-33-31(24)34)30(35)25-16-28(36-7)29(17-27(25)32)37-19-23-12-9-8-10-13-23;1-21(2)37(22(3)4,23(5)6)34-19-26(27-14-11-15-33-31(27)34)16-25-17-29(35-7)30(18-28(25)32)36-20-24-12-9-8-10-13-24;1-26-20-11-16(10-17-13-25-22-18(17)8-5-9-24-22)19(23)12-21(20)27-14-15-6-3-2-4-7-15;1-18-14-7-12(9-17)13(16)8-15(14)19-10-11-5-3-2-4-6-11;1-12-8-2-5(4-10)6(9)3-7(8)11/h8-18,20-22,30,35H,19H2,1-7H3;8-15,17-19,21-23H,16,20H2,1-7H3;2-9,11-13H,10,14H2,1H3,(H,24,25);2-9H,10H2,1H3;2-4,11H,1H3. The largest absolute Gasteiger partial charge is 0.504 e. The summed E-state index contributed by atoms with van der Waals surface area (Å²) in [6, 6.07) is 64.1. The number of hydrogen-bond donors (Lipinski definition) is 3. The van der Waals surface area contributed by atoms with Crippen LogP contribution >= 0.6 is 0 Å². The van der Waals surface area contributed by atoms with Gasteiger partial charge in [-0.3, -0.25) is 9.59 Å². The van der Waals surface area contributed by atoms with Gasteiger partial charge in [-0.2, -0.15) is 0 Å². The van der Waals surface area contributed by atoms with Crippen molar-refractivity contribution < 1.29 is 84.4 Å². The minimum absolute atomic E-state index is 0.0519. The number of hydrogen-bond acceptors (Lipinski definition) is 16. The van der Waals surface area contributed by atoms with Crippen molar-refractivity contribution in [2.24, 2.45) is 0 Å². The molecule has 0 aliphatic carbocycles. The fraction of sp³-hybridized carbons (Fsp3) is 0.280. The van der Waals surface area contributed by atoms with E-state index in [1.807, 2.05) is 170 Å². The van der Waals surface area contributed by atoms with Crippen LogP contribution in [0.15, 0.2) is 256 Å². The number of rotatable bonds is 33. The first-order chi connectivity index (χ1) is 64.0. The molecule has 0 aliphatic rings. The minimum Gasteiger partial charge on any atom is -0.504 e. The van der Waals surface area contributed by atoms with Crippen LogP contribution in [-0.4, -0.2) is 103 Å². The number of nitrogens with one attached hydrogen (secondary N) is 1. The van der Waals surface area contributed by atoms with E-state index < -0.39 is 40.0 Å². The molecule has 1 atom stereocenters. The maximum absolute atomic E-state index is 15.5. The Labute approximate surface area is 776 Å². The van der Waals surface area contributed by atoms with Gasteiger partial charge >= 0.3 is 0 Å². The van der Waals surface area contributed by atoms with Crippen LogP contribution in [0.3, 0.4) is 0 Å². The summed E-state index contributed by atoms with van der Waals surface area (Å²) in [6.45, 7) is 29.1. The highest BCUT2D eigenvalue weighted by atomic mass is 28.3. The molecule has 1 unspecified atom stereocenters. The molecule has 696 valence electrons. The third-order valence-electron chi connectivity index (χ3n) is 24.2. The maximum Gasteiger partial charge on any atom is 0.171 e. The van der Waals surface area contributed by atoms with Gasteiger partial charge < -0.3 is 66.3 Å². The predicted octanol–water partition coefficient (Wildman–Crippen LogP) is 25.7. The minimum atomic E-state index is -2.17. The number of pyridine rings is 3. The number of fused-ring (bicyclic) bond motifs is 3. The first-order valence-corrected chi connectivity index (χ1v) is 48.5. The fourth-order valence-corrected chi connectivity index (χ4v) is 31.4. The Morgan fingerprint density at radius 2 is 0.692 bits per heavy atom. The molecule has 0 aliphatic heterocycles. The zero-order valence-corrected chi connectivity index (χ0v) is 80.2. The van der Waals surface area contributed by atoms with Gasteiger partial charge in [0.25, 0.3) is 0 Å². The SMILES string of the molecule is COc1cc(C(O)c2cn([Si](C(C)C)(C(C)C)C(C)C)c3ncccc23)c(F)cc1OCc1ccccc1.COc1cc(C=O)c(F)cc1O.COc1cc(C=O)c(F)cc1OCc1ccccc1.COc1cc(Cc2c[nH]c3ncccc23)c(F)cc1OCc1ccccc1.COc1cc(Cc2cn([Si](C(C)C)(C(C)C)C(C)C)c3ncccc23)c(F)cc1OCc1ccccc1. The van der Waals surface area contributed by atoms with Crippen molar-refractivity contribution in [3.05, 3.63) is 351 Å². The molecule has 15 rings (SSSR count).